The number of hydrogen-bond acceptors (Lipinski definition) is 4. The molecule has 1 atom stereocenters. The van der Waals surface area contributed by atoms with Crippen molar-refractivity contribution in [2.75, 3.05) is 19.1 Å². The third kappa shape index (κ3) is 3.34. The van der Waals surface area contributed by atoms with E-state index in [1.54, 1.807) is 24.3 Å². The first kappa shape index (κ1) is 15.8. The molecule has 0 fully saturated rings. The van der Waals surface area contributed by atoms with Crippen molar-refractivity contribution in [3.63, 3.8) is 0 Å². The molecule has 0 spiro atoms. The Hall–Kier alpha value is -2.62. The van der Waals surface area contributed by atoms with Gasteiger partial charge in [-0.1, -0.05) is 42.5 Å². The molecule has 0 aliphatic rings. The lowest BCUT2D eigenvalue weighted by Gasteiger charge is -2.28. The molecule has 0 N–H and O–H groups in total. The first-order valence-corrected chi connectivity index (χ1v) is 7.01. The normalized spacial score (nSPS) is 11.6. The van der Waals surface area contributed by atoms with Crippen molar-refractivity contribution < 1.29 is 14.3 Å². The smallest absolute Gasteiger partial charge is 0.333 e. The molecule has 0 saturated carbocycles. The minimum atomic E-state index is -0.562. The Balaban J connectivity index is 2.38. The van der Waals surface area contributed by atoms with Crippen LogP contribution in [0.1, 0.15) is 28.9 Å². The number of carbonyl (C=O) groups excluding carboxylic acids is 2. The fourth-order valence-corrected chi connectivity index (χ4v) is 2.34. The molecule has 2 rings (SSSR count). The molecular formula is C18H19NO3. The Bertz CT molecular complexity index is 650. The van der Waals surface area contributed by atoms with Gasteiger partial charge in [-0.25, -0.2) is 4.79 Å². The van der Waals surface area contributed by atoms with Crippen LogP contribution in [0.3, 0.4) is 0 Å². The van der Waals surface area contributed by atoms with Crippen molar-refractivity contribution in [2.24, 2.45) is 0 Å². The van der Waals surface area contributed by atoms with Crippen LogP contribution in [-0.4, -0.2) is 25.9 Å². The number of ketones is 1. The molecule has 1 unspecified atom stereocenters. The number of ether oxygens (including phenoxy) is 1. The van der Waals surface area contributed by atoms with Crippen molar-refractivity contribution in [1.29, 1.82) is 0 Å². The van der Waals surface area contributed by atoms with Crippen LogP contribution in [-0.2, 0) is 9.53 Å². The number of carbonyl (C=O) groups is 2. The van der Waals surface area contributed by atoms with Gasteiger partial charge in [-0.05, 0) is 24.6 Å². The maximum absolute atomic E-state index is 12.2. The lowest BCUT2D eigenvalue weighted by molar-refractivity contribution is -0.142. The van der Waals surface area contributed by atoms with Gasteiger partial charge in [-0.3, -0.25) is 4.79 Å². The maximum atomic E-state index is 12.2. The van der Waals surface area contributed by atoms with Gasteiger partial charge in [0.15, 0.2) is 11.8 Å². The highest BCUT2D eigenvalue weighted by atomic mass is 16.5. The fourth-order valence-electron chi connectivity index (χ4n) is 2.34. The molecule has 22 heavy (non-hydrogen) atoms. The Kier molecular flexibility index (Phi) is 4.94. The summed E-state index contributed by atoms with van der Waals surface area (Å²) in [6.45, 7) is 1.52. The fraction of sp³-hybridized carbons (Fsp3) is 0.222. The second-order valence-electron chi connectivity index (χ2n) is 5.05. The van der Waals surface area contributed by atoms with Crippen LogP contribution in [0.25, 0.3) is 0 Å². The molecule has 0 heterocycles. The molecule has 0 aliphatic heterocycles. The number of benzene rings is 2. The van der Waals surface area contributed by atoms with Crippen molar-refractivity contribution in [2.45, 2.75) is 13.0 Å². The van der Waals surface area contributed by atoms with E-state index in [9.17, 15) is 9.59 Å². The number of Topliss-reactive ketones (excluding diaryl/α,β-unsaturated/α-hetero) is 1. The molecule has 0 aliphatic carbocycles. The highest BCUT2D eigenvalue weighted by Crippen LogP contribution is 2.27. The predicted molar refractivity (Wildman–Crippen MR) is 86.0 cm³/mol. The summed E-state index contributed by atoms with van der Waals surface area (Å²) >= 11 is 0. The highest BCUT2D eigenvalue weighted by Gasteiger charge is 2.26. The van der Waals surface area contributed by atoms with Crippen LogP contribution in [0.5, 0.6) is 0 Å². The standard InChI is InChI=1S/C18H19NO3/c1-13(20)14-9-11-15(12-10-14)17(18(21)22-3)19(2)16-7-5-4-6-8-16/h4-12,17H,1-3H3. The van der Waals surface area contributed by atoms with E-state index in [4.69, 9.17) is 4.74 Å². The zero-order chi connectivity index (χ0) is 16.1. The van der Waals surface area contributed by atoms with Crippen LogP contribution < -0.4 is 4.90 Å². The number of rotatable bonds is 5. The summed E-state index contributed by atoms with van der Waals surface area (Å²) < 4.78 is 4.94. The van der Waals surface area contributed by atoms with Crippen molar-refractivity contribution in [3.8, 4) is 0 Å². The minimum absolute atomic E-state index is 0.00224. The summed E-state index contributed by atoms with van der Waals surface area (Å²) in [6, 6.07) is 16.1. The van der Waals surface area contributed by atoms with Crippen LogP contribution in [0.4, 0.5) is 5.69 Å². The molecule has 2 aromatic carbocycles. The Morgan fingerprint density at radius 3 is 2.09 bits per heavy atom. The predicted octanol–water partition coefficient (Wildman–Crippen LogP) is 3.24. The van der Waals surface area contributed by atoms with Crippen LogP contribution in [0.2, 0.25) is 0 Å². The van der Waals surface area contributed by atoms with Crippen molar-refractivity contribution >= 4 is 17.4 Å². The molecular weight excluding hydrogens is 278 g/mol. The van der Waals surface area contributed by atoms with E-state index in [1.807, 2.05) is 42.3 Å². The summed E-state index contributed by atoms with van der Waals surface area (Å²) in [4.78, 5) is 25.4. The molecule has 2 aromatic rings. The lowest BCUT2D eigenvalue weighted by atomic mass is 10.0. The summed E-state index contributed by atoms with van der Waals surface area (Å²) in [6.07, 6.45) is 0. The number of esters is 1. The Morgan fingerprint density at radius 1 is 1.00 bits per heavy atom. The molecule has 0 amide bonds. The van der Waals surface area contributed by atoms with Gasteiger partial charge in [0.05, 0.1) is 7.11 Å². The van der Waals surface area contributed by atoms with E-state index in [2.05, 4.69) is 0 Å². The highest BCUT2D eigenvalue weighted by molar-refractivity contribution is 5.94. The molecule has 4 nitrogen and oxygen atoms in total. The van der Waals surface area contributed by atoms with E-state index < -0.39 is 6.04 Å². The summed E-state index contributed by atoms with van der Waals surface area (Å²) in [7, 11) is 3.22. The zero-order valence-electron chi connectivity index (χ0n) is 12.9. The Morgan fingerprint density at radius 2 is 1.59 bits per heavy atom. The summed E-state index contributed by atoms with van der Waals surface area (Å²) in [5, 5.41) is 0. The van der Waals surface area contributed by atoms with Crippen LogP contribution in [0.15, 0.2) is 54.6 Å². The largest absolute Gasteiger partial charge is 0.467 e. The van der Waals surface area contributed by atoms with E-state index in [0.717, 1.165) is 11.3 Å². The zero-order valence-corrected chi connectivity index (χ0v) is 12.9. The topological polar surface area (TPSA) is 46.6 Å². The SMILES string of the molecule is COC(=O)C(c1ccc(C(C)=O)cc1)N(C)c1ccccc1. The second-order valence-corrected chi connectivity index (χ2v) is 5.05. The van der Waals surface area contributed by atoms with Crippen molar-refractivity contribution in [1.82, 2.24) is 0 Å². The number of likely N-dealkylation sites (N-methyl/N-ethyl adjacent to an activating group) is 1. The number of anilines is 1. The molecule has 4 heteroatoms. The average molecular weight is 297 g/mol. The van der Waals surface area contributed by atoms with Gasteiger partial charge in [0.2, 0.25) is 0 Å². The van der Waals surface area contributed by atoms with Gasteiger partial charge in [-0.2, -0.15) is 0 Å². The van der Waals surface area contributed by atoms with Gasteiger partial charge in [0.1, 0.15) is 0 Å². The molecule has 0 bridgehead atoms. The third-order valence-corrected chi connectivity index (χ3v) is 3.61. The first-order chi connectivity index (χ1) is 10.5. The first-order valence-electron chi connectivity index (χ1n) is 7.01. The summed E-state index contributed by atoms with van der Waals surface area (Å²) in [5.74, 6) is -0.348. The number of methoxy groups -OCH3 is 1. The molecule has 0 saturated heterocycles. The van der Waals surface area contributed by atoms with Crippen molar-refractivity contribution in [3.05, 3.63) is 65.7 Å². The van der Waals surface area contributed by atoms with Gasteiger partial charge in [0.25, 0.3) is 0 Å². The van der Waals surface area contributed by atoms with E-state index >= 15 is 0 Å². The average Bonchev–Trinajstić information content (AvgIpc) is 2.56. The number of hydrogen-bond donors (Lipinski definition) is 0. The molecule has 0 radical (unpaired) electrons. The maximum Gasteiger partial charge on any atom is 0.333 e. The van der Waals surface area contributed by atoms with Gasteiger partial charge in [-0.15, -0.1) is 0 Å². The quantitative estimate of drug-likeness (QED) is 0.628. The van der Waals surface area contributed by atoms with Crippen LogP contribution >= 0.6 is 0 Å². The number of para-hydroxylation sites is 1. The molecule has 0 aromatic heterocycles. The van der Waals surface area contributed by atoms with E-state index in [0.29, 0.717) is 5.56 Å². The monoisotopic (exact) mass is 297 g/mol. The van der Waals surface area contributed by atoms with Gasteiger partial charge >= 0.3 is 5.97 Å². The molecule has 114 valence electrons. The van der Waals surface area contributed by atoms with Gasteiger partial charge < -0.3 is 9.64 Å². The Labute approximate surface area is 130 Å². The van der Waals surface area contributed by atoms with Gasteiger partial charge in [0, 0.05) is 18.3 Å². The van der Waals surface area contributed by atoms with E-state index in [-0.39, 0.29) is 11.8 Å². The van der Waals surface area contributed by atoms with Crippen LogP contribution in [0, 0.1) is 0 Å². The number of nitrogens with zero attached hydrogens (tertiary/aromatic N) is 1. The van der Waals surface area contributed by atoms with E-state index in [1.165, 1.54) is 14.0 Å². The third-order valence-electron chi connectivity index (χ3n) is 3.61. The second kappa shape index (κ2) is 6.89. The summed E-state index contributed by atoms with van der Waals surface area (Å²) in [5.41, 5.74) is 2.31. The minimum Gasteiger partial charge on any atom is -0.467 e. The lowest BCUT2D eigenvalue weighted by Crippen LogP contribution is -2.31.